The lowest BCUT2D eigenvalue weighted by Gasteiger charge is -2.14. The van der Waals surface area contributed by atoms with Crippen molar-refractivity contribution in [1.29, 1.82) is 0 Å². The van der Waals surface area contributed by atoms with E-state index in [0.29, 0.717) is 31.2 Å². The molecule has 2 aromatic rings. The van der Waals surface area contributed by atoms with E-state index in [-0.39, 0.29) is 23.3 Å². The molecular formula is C21H28N4O3. The molecule has 1 atom stereocenters. The summed E-state index contributed by atoms with van der Waals surface area (Å²) in [6.07, 6.45) is 0.884. The molecule has 1 unspecified atom stereocenters. The Morgan fingerprint density at radius 2 is 1.86 bits per heavy atom. The highest BCUT2D eigenvalue weighted by Crippen LogP contribution is 2.18. The van der Waals surface area contributed by atoms with Crippen molar-refractivity contribution < 1.29 is 9.66 Å². The standard InChI is InChI=1S/C21H28N4O3/c1-3-22-21(24-16-19-12-7-8-13-20(19)25(26)27)23-14-9-15-28-17(2)18-10-5-4-6-11-18/h4-8,10-13,17H,3,9,14-16H2,1-2H3,(H2,22,23,24). The molecule has 7 nitrogen and oxygen atoms in total. The van der Waals surface area contributed by atoms with Gasteiger partial charge in [-0.1, -0.05) is 48.5 Å². The SMILES string of the molecule is CCNC(=NCc1ccccc1[N+](=O)[O-])NCCCOC(C)c1ccccc1. The minimum absolute atomic E-state index is 0.0572. The van der Waals surface area contributed by atoms with Gasteiger partial charge in [0, 0.05) is 25.8 Å². The van der Waals surface area contributed by atoms with Gasteiger partial charge in [-0.25, -0.2) is 4.99 Å². The number of hydrogen-bond acceptors (Lipinski definition) is 4. The van der Waals surface area contributed by atoms with Gasteiger partial charge in [0.2, 0.25) is 0 Å². The second kappa shape index (κ2) is 11.7. The molecule has 0 radical (unpaired) electrons. The molecule has 0 heterocycles. The Balaban J connectivity index is 1.79. The summed E-state index contributed by atoms with van der Waals surface area (Å²) in [5.74, 6) is 0.636. The van der Waals surface area contributed by atoms with Crippen LogP contribution in [0.25, 0.3) is 0 Å². The quantitative estimate of drug-likeness (QED) is 0.214. The molecule has 2 aromatic carbocycles. The van der Waals surface area contributed by atoms with Crippen LogP contribution in [0.3, 0.4) is 0 Å². The van der Waals surface area contributed by atoms with Crippen LogP contribution >= 0.6 is 0 Å². The molecule has 0 aliphatic rings. The fourth-order valence-electron chi connectivity index (χ4n) is 2.69. The Labute approximate surface area is 166 Å². The van der Waals surface area contributed by atoms with Crippen LogP contribution in [-0.2, 0) is 11.3 Å². The molecule has 0 spiro atoms. The van der Waals surface area contributed by atoms with Crippen LogP contribution < -0.4 is 10.6 Å². The summed E-state index contributed by atoms with van der Waals surface area (Å²) >= 11 is 0. The number of nitrogens with zero attached hydrogens (tertiary/aromatic N) is 2. The largest absolute Gasteiger partial charge is 0.374 e. The number of nitro benzene ring substituents is 1. The third-order valence-electron chi connectivity index (χ3n) is 4.19. The van der Waals surface area contributed by atoms with Gasteiger partial charge in [-0.15, -0.1) is 0 Å². The van der Waals surface area contributed by atoms with Gasteiger partial charge in [-0.3, -0.25) is 10.1 Å². The summed E-state index contributed by atoms with van der Waals surface area (Å²) in [6.45, 7) is 6.31. The molecule has 0 fully saturated rings. The van der Waals surface area contributed by atoms with E-state index in [1.807, 2.05) is 32.0 Å². The molecule has 0 saturated carbocycles. The van der Waals surface area contributed by atoms with Crippen molar-refractivity contribution in [3.05, 3.63) is 75.8 Å². The molecular weight excluding hydrogens is 356 g/mol. The van der Waals surface area contributed by atoms with Crippen LogP contribution in [-0.4, -0.2) is 30.6 Å². The lowest BCUT2D eigenvalue weighted by Crippen LogP contribution is -2.38. The summed E-state index contributed by atoms with van der Waals surface area (Å²) in [5.41, 5.74) is 1.84. The third kappa shape index (κ3) is 7.00. The number of nitro groups is 1. The summed E-state index contributed by atoms with van der Waals surface area (Å²) in [4.78, 5) is 15.2. The smallest absolute Gasteiger partial charge is 0.274 e. The van der Waals surface area contributed by atoms with E-state index < -0.39 is 0 Å². The van der Waals surface area contributed by atoms with Crippen LogP contribution in [0.2, 0.25) is 0 Å². The maximum Gasteiger partial charge on any atom is 0.274 e. The van der Waals surface area contributed by atoms with Crippen LogP contribution in [0.5, 0.6) is 0 Å². The third-order valence-corrected chi connectivity index (χ3v) is 4.19. The number of para-hydroxylation sites is 1. The van der Waals surface area contributed by atoms with Crippen molar-refractivity contribution in [3.63, 3.8) is 0 Å². The fourth-order valence-corrected chi connectivity index (χ4v) is 2.69. The predicted octanol–water partition coefficient (Wildman–Crippen LogP) is 3.82. The molecule has 2 rings (SSSR count). The molecule has 0 saturated heterocycles. The predicted molar refractivity (Wildman–Crippen MR) is 111 cm³/mol. The first kappa shape index (κ1) is 21.4. The number of rotatable bonds is 10. The van der Waals surface area contributed by atoms with Crippen molar-refractivity contribution >= 4 is 11.6 Å². The second-order valence-corrected chi connectivity index (χ2v) is 6.29. The fraction of sp³-hybridized carbons (Fsp3) is 0.381. The number of aliphatic imine (C=N–C) groups is 1. The summed E-state index contributed by atoms with van der Waals surface area (Å²) in [7, 11) is 0. The molecule has 0 aliphatic heterocycles. The topological polar surface area (TPSA) is 88.8 Å². The van der Waals surface area contributed by atoms with E-state index in [1.54, 1.807) is 18.2 Å². The van der Waals surface area contributed by atoms with E-state index in [1.165, 1.54) is 6.07 Å². The van der Waals surface area contributed by atoms with Crippen molar-refractivity contribution in [2.24, 2.45) is 4.99 Å². The lowest BCUT2D eigenvalue weighted by atomic mass is 10.1. The average molecular weight is 384 g/mol. The number of guanidine groups is 1. The minimum Gasteiger partial charge on any atom is -0.374 e. The maximum absolute atomic E-state index is 11.1. The average Bonchev–Trinajstić information content (AvgIpc) is 2.72. The Hall–Kier alpha value is -2.93. The van der Waals surface area contributed by atoms with Crippen molar-refractivity contribution in [1.82, 2.24) is 10.6 Å². The monoisotopic (exact) mass is 384 g/mol. The second-order valence-electron chi connectivity index (χ2n) is 6.29. The highest BCUT2D eigenvalue weighted by atomic mass is 16.6. The normalized spacial score (nSPS) is 12.4. The number of nitrogens with one attached hydrogen (secondary N) is 2. The number of benzene rings is 2. The molecule has 0 bridgehead atoms. The van der Waals surface area contributed by atoms with E-state index in [2.05, 4.69) is 27.8 Å². The van der Waals surface area contributed by atoms with Gasteiger partial charge in [0.05, 0.1) is 23.1 Å². The van der Waals surface area contributed by atoms with E-state index in [4.69, 9.17) is 4.74 Å². The molecule has 0 amide bonds. The highest BCUT2D eigenvalue weighted by molar-refractivity contribution is 5.79. The van der Waals surface area contributed by atoms with Gasteiger partial charge >= 0.3 is 0 Å². The maximum atomic E-state index is 11.1. The molecule has 7 heteroatoms. The Morgan fingerprint density at radius 1 is 1.14 bits per heavy atom. The van der Waals surface area contributed by atoms with Gasteiger partial charge in [0.25, 0.3) is 5.69 Å². The van der Waals surface area contributed by atoms with Crippen LogP contribution in [0, 0.1) is 10.1 Å². The zero-order chi connectivity index (χ0) is 20.2. The number of hydrogen-bond donors (Lipinski definition) is 2. The van der Waals surface area contributed by atoms with Gasteiger partial charge < -0.3 is 15.4 Å². The zero-order valence-corrected chi connectivity index (χ0v) is 16.4. The van der Waals surface area contributed by atoms with Crippen molar-refractivity contribution in [2.75, 3.05) is 19.7 Å². The summed E-state index contributed by atoms with van der Waals surface area (Å²) in [5, 5.41) is 17.5. The van der Waals surface area contributed by atoms with Crippen LogP contribution in [0.1, 0.15) is 37.5 Å². The molecule has 150 valence electrons. The van der Waals surface area contributed by atoms with E-state index in [9.17, 15) is 10.1 Å². The molecule has 2 N–H and O–H groups in total. The van der Waals surface area contributed by atoms with Gasteiger partial charge in [-0.05, 0) is 25.8 Å². The minimum atomic E-state index is -0.379. The first-order chi connectivity index (χ1) is 13.6. The van der Waals surface area contributed by atoms with E-state index >= 15 is 0 Å². The van der Waals surface area contributed by atoms with E-state index in [0.717, 1.165) is 12.0 Å². The summed E-state index contributed by atoms with van der Waals surface area (Å²) < 4.78 is 5.87. The summed E-state index contributed by atoms with van der Waals surface area (Å²) in [6, 6.07) is 16.8. The van der Waals surface area contributed by atoms with Gasteiger partial charge in [0.1, 0.15) is 0 Å². The van der Waals surface area contributed by atoms with Crippen molar-refractivity contribution in [2.45, 2.75) is 32.9 Å². The Morgan fingerprint density at radius 3 is 2.57 bits per heavy atom. The highest BCUT2D eigenvalue weighted by Gasteiger charge is 2.11. The van der Waals surface area contributed by atoms with Gasteiger partial charge in [0.15, 0.2) is 5.96 Å². The molecule has 0 aliphatic carbocycles. The first-order valence-corrected chi connectivity index (χ1v) is 9.52. The molecule has 0 aromatic heterocycles. The van der Waals surface area contributed by atoms with Crippen LogP contribution in [0.4, 0.5) is 5.69 Å². The lowest BCUT2D eigenvalue weighted by molar-refractivity contribution is -0.385. The van der Waals surface area contributed by atoms with Gasteiger partial charge in [-0.2, -0.15) is 0 Å². The first-order valence-electron chi connectivity index (χ1n) is 9.52. The zero-order valence-electron chi connectivity index (χ0n) is 16.4. The van der Waals surface area contributed by atoms with Crippen molar-refractivity contribution in [3.8, 4) is 0 Å². The Kier molecular flexibility index (Phi) is 8.94. The van der Waals surface area contributed by atoms with Crippen LogP contribution in [0.15, 0.2) is 59.6 Å². The Bertz CT molecular complexity index is 765. The number of ether oxygens (including phenoxy) is 1. The molecule has 28 heavy (non-hydrogen) atoms.